The third-order valence-corrected chi connectivity index (χ3v) is 4.26. The van der Waals surface area contributed by atoms with Crippen molar-refractivity contribution in [2.45, 2.75) is 6.92 Å². The van der Waals surface area contributed by atoms with Gasteiger partial charge in [-0.25, -0.2) is 0 Å². The summed E-state index contributed by atoms with van der Waals surface area (Å²) >= 11 is 7.92. The van der Waals surface area contributed by atoms with Crippen LogP contribution in [0.2, 0.25) is 5.02 Å². The van der Waals surface area contributed by atoms with Gasteiger partial charge < -0.3 is 14.8 Å². The molecule has 1 radical (unpaired) electrons. The van der Waals surface area contributed by atoms with E-state index in [1.807, 2.05) is 24.0 Å². The lowest BCUT2D eigenvalue weighted by Crippen LogP contribution is -2.29. The van der Waals surface area contributed by atoms with Crippen molar-refractivity contribution in [1.29, 1.82) is 0 Å². The maximum absolute atomic E-state index is 6.17. The van der Waals surface area contributed by atoms with Gasteiger partial charge in [-0.15, -0.1) is 11.3 Å². The minimum absolute atomic E-state index is 0.772. The van der Waals surface area contributed by atoms with E-state index < -0.39 is 0 Å². The van der Waals surface area contributed by atoms with Gasteiger partial charge in [0.05, 0.1) is 10.4 Å². The van der Waals surface area contributed by atoms with Gasteiger partial charge in [0.1, 0.15) is 0 Å². The molecule has 0 aliphatic carbocycles. The fourth-order valence-corrected chi connectivity index (χ4v) is 3.20. The Morgan fingerprint density at radius 2 is 2.26 bits per heavy atom. The van der Waals surface area contributed by atoms with Gasteiger partial charge >= 0.3 is 7.62 Å². The summed E-state index contributed by atoms with van der Waals surface area (Å²) in [5.41, 5.74) is 2.38. The Kier molecular flexibility index (Phi) is 5.10. The summed E-state index contributed by atoms with van der Waals surface area (Å²) in [6.07, 6.45) is 0. The van der Waals surface area contributed by atoms with Crippen LogP contribution >= 0.6 is 22.9 Å². The second kappa shape index (κ2) is 6.61. The molecule has 0 bridgehead atoms. The van der Waals surface area contributed by atoms with Crippen molar-refractivity contribution in [3.05, 3.63) is 28.1 Å². The van der Waals surface area contributed by atoms with Crippen LogP contribution in [0.15, 0.2) is 17.5 Å². The second-order valence-corrected chi connectivity index (χ2v) is 5.81. The maximum atomic E-state index is 6.17. The molecule has 0 aliphatic heterocycles. The van der Waals surface area contributed by atoms with Crippen molar-refractivity contribution in [3.8, 4) is 0 Å². The molecule has 0 spiro atoms. The number of halogens is 1. The van der Waals surface area contributed by atoms with Crippen LogP contribution in [-0.2, 0) is 4.65 Å². The molecule has 0 fully saturated rings. The van der Waals surface area contributed by atoms with Crippen molar-refractivity contribution >= 4 is 46.3 Å². The number of nitrogens with one attached hydrogen (secondary N) is 1. The number of aryl methyl sites for hydroxylation is 1. The number of benzene rings is 1. The molecule has 101 valence electrons. The van der Waals surface area contributed by atoms with E-state index >= 15 is 0 Å². The van der Waals surface area contributed by atoms with Gasteiger partial charge in [-0.05, 0) is 42.4 Å². The van der Waals surface area contributed by atoms with Gasteiger partial charge in [-0.3, -0.25) is 0 Å². The van der Waals surface area contributed by atoms with E-state index in [1.165, 1.54) is 15.6 Å². The van der Waals surface area contributed by atoms with Crippen molar-refractivity contribution in [1.82, 2.24) is 4.81 Å². The standard InChI is InChI=1S/C13H17BClN2OS/c1-9-8-19-13-11(9)6-10(15)7-12(13)16-4-5-17(2)14-18-3/h6-8,16H,4-5H2,1-3H3. The van der Waals surface area contributed by atoms with Crippen LogP contribution < -0.4 is 5.32 Å². The summed E-state index contributed by atoms with van der Waals surface area (Å²) in [4.78, 5) is 1.99. The van der Waals surface area contributed by atoms with Crippen LogP contribution in [0, 0.1) is 6.92 Å². The molecule has 0 unspecified atom stereocenters. The van der Waals surface area contributed by atoms with Crippen LogP contribution in [0.25, 0.3) is 10.1 Å². The predicted molar refractivity (Wildman–Crippen MR) is 85.5 cm³/mol. The summed E-state index contributed by atoms with van der Waals surface area (Å²) in [5.74, 6) is 0. The van der Waals surface area contributed by atoms with Gasteiger partial charge in [0.25, 0.3) is 0 Å². The highest BCUT2D eigenvalue weighted by molar-refractivity contribution is 7.18. The van der Waals surface area contributed by atoms with E-state index in [4.69, 9.17) is 16.3 Å². The Balaban J connectivity index is 2.08. The Hall–Kier alpha value is -0.745. The van der Waals surface area contributed by atoms with Crippen LogP contribution in [0.1, 0.15) is 5.56 Å². The third-order valence-electron chi connectivity index (χ3n) is 2.90. The van der Waals surface area contributed by atoms with Crippen LogP contribution in [0.5, 0.6) is 0 Å². The predicted octanol–water partition coefficient (Wildman–Crippen LogP) is 3.39. The Labute approximate surface area is 123 Å². The van der Waals surface area contributed by atoms with E-state index in [9.17, 15) is 0 Å². The zero-order chi connectivity index (χ0) is 13.8. The van der Waals surface area contributed by atoms with Crippen molar-refractivity contribution in [2.75, 3.05) is 32.6 Å². The number of fused-ring (bicyclic) bond motifs is 1. The zero-order valence-electron chi connectivity index (χ0n) is 11.4. The Morgan fingerprint density at radius 3 is 3.00 bits per heavy atom. The lowest BCUT2D eigenvalue weighted by Gasteiger charge is -2.15. The molecule has 1 heterocycles. The number of hydrogen-bond acceptors (Lipinski definition) is 4. The van der Waals surface area contributed by atoms with E-state index in [0.29, 0.717) is 0 Å². The van der Waals surface area contributed by atoms with Crippen LogP contribution in [0.3, 0.4) is 0 Å². The quantitative estimate of drug-likeness (QED) is 0.827. The minimum atomic E-state index is 0.772. The fourth-order valence-electron chi connectivity index (χ4n) is 1.96. The smallest absolute Gasteiger partial charge is 0.398 e. The molecule has 19 heavy (non-hydrogen) atoms. The first-order valence-electron chi connectivity index (χ1n) is 6.09. The number of anilines is 1. The van der Waals surface area contributed by atoms with Crippen molar-refractivity contribution in [2.24, 2.45) is 0 Å². The van der Waals surface area contributed by atoms with Crippen molar-refractivity contribution in [3.63, 3.8) is 0 Å². The van der Waals surface area contributed by atoms with Crippen LogP contribution in [0.4, 0.5) is 5.69 Å². The van der Waals surface area contributed by atoms with E-state index in [1.54, 1.807) is 26.1 Å². The first-order valence-corrected chi connectivity index (χ1v) is 7.35. The largest absolute Gasteiger partial charge is 0.427 e. The van der Waals surface area contributed by atoms with Gasteiger partial charge in [-0.1, -0.05) is 11.6 Å². The molecular formula is C13H17BClN2OS. The average molecular weight is 296 g/mol. The van der Waals surface area contributed by atoms with Gasteiger partial charge in [-0.2, -0.15) is 0 Å². The normalized spacial score (nSPS) is 11.2. The summed E-state index contributed by atoms with van der Waals surface area (Å²) in [5, 5.41) is 7.61. The summed E-state index contributed by atoms with van der Waals surface area (Å²) < 4.78 is 6.22. The highest BCUT2D eigenvalue weighted by Crippen LogP contribution is 2.34. The highest BCUT2D eigenvalue weighted by atomic mass is 35.5. The minimum Gasteiger partial charge on any atom is -0.427 e. The Morgan fingerprint density at radius 1 is 1.47 bits per heavy atom. The van der Waals surface area contributed by atoms with Crippen molar-refractivity contribution < 1.29 is 4.65 Å². The van der Waals surface area contributed by atoms with E-state index in [2.05, 4.69) is 17.6 Å². The molecule has 1 aromatic carbocycles. The van der Waals surface area contributed by atoms with E-state index in [-0.39, 0.29) is 0 Å². The number of likely N-dealkylation sites (N-methyl/N-ethyl adjacent to an activating group) is 1. The summed E-state index contributed by atoms with van der Waals surface area (Å²) in [7, 11) is 5.33. The first-order chi connectivity index (χ1) is 9.11. The Bertz CT molecular complexity index is 561. The summed E-state index contributed by atoms with van der Waals surface area (Å²) in [6, 6.07) is 4.01. The zero-order valence-corrected chi connectivity index (χ0v) is 12.9. The highest BCUT2D eigenvalue weighted by Gasteiger charge is 2.08. The number of hydrogen-bond donors (Lipinski definition) is 1. The SMILES string of the molecule is CO[B]N(C)CCNc1cc(Cl)cc2c(C)csc12. The lowest BCUT2D eigenvalue weighted by atomic mass is 10.1. The first kappa shape index (κ1) is 14.7. The molecule has 0 aliphatic rings. The molecule has 0 atom stereocenters. The molecule has 0 saturated heterocycles. The molecule has 1 aromatic heterocycles. The topological polar surface area (TPSA) is 24.5 Å². The van der Waals surface area contributed by atoms with Crippen LogP contribution in [-0.4, -0.2) is 39.7 Å². The molecule has 6 heteroatoms. The molecule has 0 amide bonds. The molecule has 2 rings (SSSR count). The van der Waals surface area contributed by atoms with Gasteiger partial charge in [0.2, 0.25) is 0 Å². The van der Waals surface area contributed by atoms with E-state index in [0.717, 1.165) is 23.8 Å². The van der Waals surface area contributed by atoms with Gasteiger partial charge in [0, 0.05) is 25.2 Å². The molecule has 2 aromatic rings. The fraction of sp³-hybridized carbons (Fsp3) is 0.385. The number of rotatable bonds is 6. The molecule has 3 nitrogen and oxygen atoms in total. The number of nitrogens with zero attached hydrogens (tertiary/aromatic N) is 1. The number of thiophene rings is 1. The maximum Gasteiger partial charge on any atom is 0.398 e. The monoisotopic (exact) mass is 295 g/mol. The second-order valence-electron chi connectivity index (χ2n) is 4.50. The summed E-state index contributed by atoms with van der Waals surface area (Å²) in [6.45, 7) is 3.81. The van der Waals surface area contributed by atoms with Gasteiger partial charge in [0.15, 0.2) is 0 Å². The lowest BCUT2D eigenvalue weighted by molar-refractivity contribution is 0.373. The third kappa shape index (κ3) is 3.63. The average Bonchev–Trinajstić information content (AvgIpc) is 2.71. The molecule has 1 N–H and O–H groups in total. The molecule has 0 saturated carbocycles. The molecular weight excluding hydrogens is 278 g/mol.